The van der Waals surface area contributed by atoms with Crippen molar-refractivity contribution in [2.24, 2.45) is 0 Å². The first kappa shape index (κ1) is 38.2. The minimum atomic E-state index is -5.08. The van der Waals surface area contributed by atoms with Crippen molar-refractivity contribution in [3.8, 4) is 51.7 Å². The Balaban J connectivity index is 1.46. The molecule has 18 heteroatoms. The van der Waals surface area contributed by atoms with Crippen LogP contribution < -0.4 is 0 Å². The average Bonchev–Trinajstić information content (AvgIpc) is 3.55. The minimum Gasteiger partial charge on any atom is -0.370 e. The molecule has 7 aromatic rings. The fraction of sp³-hybridized carbons (Fsp3) is 0.0476. The van der Waals surface area contributed by atoms with Crippen LogP contribution in [-0.2, 0) is 6.18 Å². The van der Waals surface area contributed by atoms with Crippen LogP contribution in [0.3, 0.4) is 0 Å². The number of aromatic nitrogens is 4. The van der Waals surface area contributed by atoms with E-state index in [1.807, 2.05) is 0 Å². The van der Waals surface area contributed by atoms with Gasteiger partial charge in [-0.05, 0) is 94.4 Å². The van der Waals surface area contributed by atoms with Crippen LogP contribution in [0.15, 0.2) is 60.7 Å². The molecule has 0 radical (unpaired) electrons. The van der Waals surface area contributed by atoms with Crippen molar-refractivity contribution in [2.45, 2.75) is 13.1 Å². The summed E-state index contributed by atoms with van der Waals surface area (Å²) in [4.78, 5) is 22.9. The number of rotatable bonds is 3. The van der Waals surface area contributed by atoms with E-state index in [1.54, 1.807) is 25.1 Å². The summed E-state index contributed by atoms with van der Waals surface area (Å²) in [6.07, 6.45) is -3.61. The van der Waals surface area contributed by atoms with E-state index in [0.29, 0.717) is 16.7 Å². The van der Waals surface area contributed by atoms with Gasteiger partial charge in [0.05, 0.1) is 16.6 Å². The molecule has 1 aliphatic rings. The third-order valence-corrected chi connectivity index (χ3v) is 9.70. The maximum Gasteiger partial charge on any atom is 0.465 e. The molecule has 286 valence electrons. The van der Waals surface area contributed by atoms with Crippen molar-refractivity contribution < 1.29 is 39.7 Å². The summed E-state index contributed by atoms with van der Waals surface area (Å²) < 4.78 is 120. The van der Waals surface area contributed by atoms with Crippen molar-refractivity contribution in [1.29, 1.82) is 15.8 Å². The van der Waals surface area contributed by atoms with E-state index in [0.717, 1.165) is 18.2 Å². The Bertz CT molecular complexity index is 3370. The van der Waals surface area contributed by atoms with Gasteiger partial charge in [-0.1, -0.05) is 25.3 Å². The van der Waals surface area contributed by atoms with Crippen LogP contribution in [0.5, 0.6) is 0 Å². The minimum absolute atomic E-state index is 0.00735. The van der Waals surface area contributed by atoms with Gasteiger partial charge in [-0.25, -0.2) is 23.1 Å². The van der Waals surface area contributed by atoms with E-state index in [-0.39, 0.29) is 71.8 Å². The van der Waals surface area contributed by atoms with Crippen LogP contribution in [0.4, 0.5) is 52.4 Å². The molecule has 0 fully saturated rings. The Morgan fingerprint density at radius 3 is 1.57 bits per heavy atom. The SMILES string of the molecule is [C-]#[N+]c1nc2ccc(-c3cc4c(cc3C)-c3cc(C(F)(F)F)c(-c5ccc6nc(C#N)c(C#N)nc6c5)cc3C4=[N+](C#N)c3c(F)c(F)c(F)c(F)c3F)cc2nc1[N+]#[C-]. The second-order valence-corrected chi connectivity index (χ2v) is 13.0. The number of nitriles is 3. The molecule has 0 bridgehead atoms. The molecule has 60 heavy (non-hydrogen) atoms. The molecule has 0 spiro atoms. The molecule has 0 N–H and O–H groups in total. The molecule has 0 saturated heterocycles. The number of hydrogen-bond donors (Lipinski definition) is 0. The fourth-order valence-electron chi connectivity index (χ4n) is 7.05. The molecule has 0 unspecified atom stereocenters. The van der Waals surface area contributed by atoms with Gasteiger partial charge in [0.15, 0.2) is 22.4 Å². The van der Waals surface area contributed by atoms with Crippen LogP contribution in [0.25, 0.3) is 65.1 Å². The quantitative estimate of drug-likeness (QED) is 0.0330. The lowest BCUT2D eigenvalue weighted by atomic mass is 9.92. The highest BCUT2D eigenvalue weighted by atomic mass is 19.4. The van der Waals surface area contributed by atoms with Gasteiger partial charge in [0.2, 0.25) is 45.8 Å². The number of alkyl halides is 3. The van der Waals surface area contributed by atoms with Gasteiger partial charge in [-0.3, -0.25) is 0 Å². The molecule has 8 rings (SSSR count). The number of hydrogen-bond acceptors (Lipinski definition) is 7. The molecular weight excluding hydrogens is 797 g/mol. The topological polar surface area (TPSA) is 135 Å². The van der Waals surface area contributed by atoms with Gasteiger partial charge in [0, 0.05) is 11.1 Å². The number of aryl methyl sites for hydroxylation is 1. The van der Waals surface area contributed by atoms with Crippen LogP contribution >= 0.6 is 0 Å². The number of benzene rings is 5. The average molecular weight is 810 g/mol. The molecule has 2 heterocycles. The lowest BCUT2D eigenvalue weighted by Gasteiger charge is -2.16. The first-order chi connectivity index (χ1) is 28.6. The van der Waals surface area contributed by atoms with E-state index in [9.17, 15) is 29.0 Å². The zero-order valence-electron chi connectivity index (χ0n) is 29.8. The van der Waals surface area contributed by atoms with E-state index in [4.69, 9.17) is 13.1 Å². The number of fused-ring (bicyclic) bond motifs is 5. The standard InChI is InChI=1S/C42H13F8N10/c1-17-8-22-23-13-26(42(48,49)50)21(19-5-6-27-29(10-19)57-32(15-52)31(14-51)56-27)12-25(23)38(60(16-53)39-36(46)34(44)33(43)35(45)37(39)47)24(22)11-20(17)18-4-7-28-30(9-18)59-41(55-3)40(54-2)58-28/h4-13H,1H3/q+1. The molecule has 0 saturated carbocycles. The molecule has 1 aliphatic carbocycles. The Morgan fingerprint density at radius 1 is 0.567 bits per heavy atom. The second-order valence-electron chi connectivity index (χ2n) is 13.0. The Kier molecular flexibility index (Phi) is 8.77. The van der Waals surface area contributed by atoms with Gasteiger partial charge >= 0.3 is 12.4 Å². The normalized spacial score (nSPS) is 12.5. The second kappa shape index (κ2) is 13.8. The Hall–Kier alpha value is -8.66. The van der Waals surface area contributed by atoms with Crippen LogP contribution in [0.1, 0.15) is 33.6 Å². The summed E-state index contributed by atoms with van der Waals surface area (Å²) in [7, 11) is 0. The lowest BCUT2D eigenvalue weighted by Crippen LogP contribution is -2.18. The highest BCUT2D eigenvalue weighted by molar-refractivity contribution is 6.24. The highest BCUT2D eigenvalue weighted by Gasteiger charge is 2.41. The van der Waals surface area contributed by atoms with Gasteiger partial charge in [0.1, 0.15) is 12.1 Å². The van der Waals surface area contributed by atoms with Crippen molar-refractivity contribution in [1.82, 2.24) is 19.9 Å². The zero-order valence-corrected chi connectivity index (χ0v) is 29.8. The van der Waals surface area contributed by atoms with Crippen molar-refractivity contribution >= 4 is 45.1 Å². The molecule has 0 aliphatic heterocycles. The van der Waals surface area contributed by atoms with Crippen molar-refractivity contribution in [3.05, 3.63) is 146 Å². The maximum atomic E-state index is 15.6. The molecular formula is C42H13F8N10+. The smallest absolute Gasteiger partial charge is 0.370 e. The Morgan fingerprint density at radius 2 is 1.03 bits per heavy atom. The van der Waals surface area contributed by atoms with E-state index in [2.05, 4.69) is 29.6 Å². The van der Waals surface area contributed by atoms with Crippen LogP contribution in [-0.4, -0.2) is 30.2 Å². The summed E-state index contributed by atoms with van der Waals surface area (Å²) in [6.45, 7) is 16.3. The van der Waals surface area contributed by atoms with Crippen molar-refractivity contribution in [2.75, 3.05) is 0 Å². The fourth-order valence-corrected chi connectivity index (χ4v) is 7.05. The van der Waals surface area contributed by atoms with Crippen LogP contribution in [0.2, 0.25) is 0 Å². The summed E-state index contributed by atoms with van der Waals surface area (Å²) in [5, 5.41) is 29.4. The van der Waals surface area contributed by atoms with E-state index >= 15 is 22.0 Å². The highest BCUT2D eigenvalue weighted by Crippen LogP contribution is 2.48. The predicted molar refractivity (Wildman–Crippen MR) is 196 cm³/mol. The zero-order chi connectivity index (χ0) is 42.9. The summed E-state index contributed by atoms with van der Waals surface area (Å²) in [5.74, 6) is -12.6. The molecule has 5 aromatic carbocycles. The Labute approximate surface area is 331 Å². The lowest BCUT2D eigenvalue weighted by molar-refractivity contribution is -0.345. The van der Waals surface area contributed by atoms with Gasteiger partial charge < -0.3 is 9.69 Å². The van der Waals surface area contributed by atoms with E-state index < -0.39 is 63.5 Å². The summed E-state index contributed by atoms with van der Waals surface area (Å²) >= 11 is 0. The monoisotopic (exact) mass is 809 g/mol. The summed E-state index contributed by atoms with van der Waals surface area (Å²) in [6, 6.07) is 16.0. The van der Waals surface area contributed by atoms with Gasteiger partial charge in [-0.15, -0.1) is 14.5 Å². The third-order valence-electron chi connectivity index (χ3n) is 9.70. The molecule has 0 amide bonds. The molecule has 2 aromatic heterocycles. The summed E-state index contributed by atoms with van der Waals surface area (Å²) in [5.41, 5.74) is -4.19. The maximum absolute atomic E-state index is 15.6. The third kappa shape index (κ3) is 5.77. The largest absolute Gasteiger partial charge is 0.465 e. The van der Waals surface area contributed by atoms with E-state index in [1.165, 1.54) is 42.6 Å². The molecule has 0 atom stereocenters. The van der Waals surface area contributed by atoms with Crippen LogP contribution in [0, 0.1) is 83.3 Å². The molecule has 10 nitrogen and oxygen atoms in total. The van der Waals surface area contributed by atoms with Gasteiger partial charge in [0.25, 0.3) is 11.6 Å². The first-order valence-electron chi connectivity index (χ1n) is 16.8. The van der Waals surface area contributed by atoms with Gasteiger partial charge in [-0.2, -0.15) is 32.5 Å². The first-order valence-corrected chi connectivity index (χ1v) is 16.8. The van der Waals surface area contributed by atoms with Crippen molar-refractivity contribution in [3.63, 3.8) is 0 Å². The predicted octanol–water partition coefficient (Wildman–Crippen LogP) is 10.4. The number of halogens is 8. The number of nitrogens with zero attached hydrogens (tertiary/aromatic N) is 10.